The molecule has 0 saturated heterocycles. The Morgan fingerprint density at radius 2 is 1.90 bits per heavy atom. The topological polar surface area (TPSA) is 70.6 Å². The number of fused-ring (bicyclic) bond motifs is 1. The number of rotatable bonds is 7. The molecule has 3 aromatic rings. The van der Waals surface area contributed by atoms with Gasteiger partial charge in [0.25, 0.3) is 5.91 Å². The third kappa shape index (κ3) is 5.18. The molecule has 30 heavy (non-hydrogen) atoms. The lowest BCUT2D eigenvalue weighted by Crippen LogP contribution is -2.33. The fourth-order valence-corrected chi connectivity index (χ4v) is 5.21. The number of sulfone groups is 1. The lowest BCUT2D eigenvalue weighted by atomic mass is 10.2. The summed E-state index contributed by atoms with van der Waals surface area (Å²) in [5.74, 6) is -0.276. The third-order valence-electron chi connectivity index (χ3n) is 4.61. The molecule has 3 rings (SSSR count). The zero-order chi connectivity index (χ0) is 22.1. The highest BCUT2D eigenvalue weighted by Crippen LogP contribution is 2.33. The van der Waals surface area contributed by atoms with Gasteiger partial charge in [0.1, 0.15) is 0 Å². The second-order valence-electron chi connectivity index (χ2n) is 7.48. The molecule has 0 atom stereocenters. The highest BCUT2D eigenvalue weighted by atomic mass is 35.5. The van der Waals surface area contributed by atoms with Crippen molar-refractivity contribution in [2.75, 3.05) is 38.3 Å². The molecule has 0 bridgehead atoms. The molecule has 0 fully saturated rings. The Morgan fingerprint density at radius 1 is 1.17 bits per heavy atom. The predicted molar refractivity (Wildman–Crippen MR) is 124 cm³/mol. The molecule has 1 heterocycles. The smallest absolute Gasteiger partial charge is 0.260 e. The Hall–Kier alpha value is -2.00. The fourth-order valence-electron chi connectivity index (χ4n) is 3.10. The molecule has 6 nitrogen and oxygen atoms in total. The van der Waals surface area contributed by atoms with Gasteiger partial charge >= 0.3 is 0 Å². The van der Waals surface area contributed by atoms with E-state index in [2.05, 4.69) is 4.90 Å². The third-order valence-corrected chi connectivity index (χ3v) is 6.97. The van der Waals surface area contributed by atoms with Crippen molar-refractivity contribution in [3.63, 3.8) is 0 Å². The number of hydrogen-bond donors (Lipinski definition) is 0. The number of amides is 1. The number of carbonyl (C=O) groups is 1. The van der Waals surface area contributed by atoms with E-state index in [1.807, 2.05) is 33.2 Å². The van der Waals surface area contributed by atoms with Crippen molar-refractivity contribution < 1.29 is 13.2 Å². The lowest BCUT2D eigenvalue weighted by Gasteiger charge is -2.21. The van der Waals surface area contributed by atoms with Crippen LogP contribution in [0.2, 0.25) is 5.02 Å². The summed E-state index contributed by atoms with van der Waals surface area (Å²) in [6.07, 6.45) is 1.88. The van der Waals surface area contributed by atoms with Gasteiger partial charge in [-0.3, -0.25) is 9.69 Å². The van der Waals surface area contributed by atoms with Gasteiger partial charge in [-0.25, -0.2) is 13.4 Å². The number of hydrogen-bond acceptors (Lipinski definition) is 6. The minimum Gasteiger partial charge on any atom is -0.309 e. The molecule has 0 unspecified atom stereocenters. The van der Waals surface area contributed by atoms with Gasteiger partial charge in [-0.05, 0) is 69.9 Å². The molecule has 9 heteroatoms. The Morgan fingerprint density at radius 3 is 2.57 bits per heavy atom. The molecule has 0 spiro atoms. The molecule has 0 aliphatic carbocycles. The number of anilines is 1. The lowest BCUT2D eigenvalue weighted by molar-refractivity contribution is 0.0986. The average molecular weight is 466 g/mol. The van der Waals surface area contributed by atoms with Gasteiger partial charge in [-0.15, -0.1) is 0 Å². The van der Waals surface area contributed by atoms with E-state index in [9.17, 15) is 13.2 Å². The second-order valence-corrected chi connectivity index (χ2v) is 10.9. The summed E-state index contributed by atoms with van der Waals surface area (Å²) in [6, 6.07) is 9.83. The van der Waals surface area contributed by atoms with Crippen molar-refractivity contribution in [3.05, 3.63) is 52.5 Å². The van der Waals surface area contributed by atoms with Crippen molar-refractivity contribution >= 4 is 54.0 Å². The van der Waals surface area contributed by atoms with Crippen molar-refractivity contribution in [3.8, 4) is 0 Å². The van der Waals surface area contributed by atoms with E-state index in [0.717, 1.165) is 35.0 Å². The minimum absolute atomic E-state index is 0.119. The molecule has 160 valence electrons. The van der Waals surface area contributed by atoms with Gasteiger partial charge < -0.3 is 4.90 Å². The number of halogens is 1. The monoisotopic (exact) mass is 465 g/mol. The summed E-state index contributed by atoms with van der Waals surface area (Å²) < 4.78 is 24.8. The highest BCUT2D eigenvalue weighted by molar-refractivity contribution is 7.90. The van der Waals surface area contributed by atoms with Crippen LogP contribution in [0.1, 0.15) is 22.3 Å². The molecule has 2 aromatic carbocycles. The van der Waals surface area contributed by atoms with Crippen LogP contribution in [-0.4, -0.2) is 57.6 Å². The van der Waals surface area contributed by atoms with Gasteiger partial charge in [0.15, 0.2) is 15.0 Å². The average Bonchev–Trinajstić information content (AvgIpc) is 3.08. The second kappa shape index (κ2) is 9.01. The van der Waals surface area contributed by atoms with E-state index in [4.69, 9.17) is 16.6 Å². The summed E-state index contributed by atoms with van der Waals surface area (Å²) in [7, 11) is 0.541. The van der Waals surface area contributed by atoms with Crippen LogP contribution in [0.5, 0.6) is 0 Å². The van der Waals surface area contributed by atoms with Gasteiger partial charge in [0.2, 0.25) is 0 Å². The summed E-state index contributed by atoms with van der Waals surface area (Å²) >= 11 is 7.59. The van der Waals surface area contributed by atoms with E-state index >= 15 is 0 Å². The normalized spacial score (nSPS) is 11.9. The van der Waals surface area contributed by atoms with Crippen LogP contribution in [0.25, 0.3) is 10.2 Å². The maximum atomic E-state index is 13.4. The number of aryl methyl sites for hydroxylation is 1. The summed E-state index contributed by atoms with van der Waals surface area (Å²) in [5, 5.41) is 1.20. The van der Waals surface area contributed by atoms with Crippen LogP contribution in [0.15, 0.2) is 41.3 Å². The molecular formula is C21H24ClN3O3S2. The van der Waals surface area contributed by atoms with Gasteiger partial charge in [0.05, 0.1) is 15.1 Å². The number of thiazole rings is 1. The first-order chi connectivity index (χ1) is 14.1. The largest absolute Gasteiger partial charge is 0.309 e. The molecule has 0 radical (unpaired) electrons. The summed E-state index contributed by atoms with van der Waals surface area (Å²) in [6.45, 7) is 3.21. The van der Waals surface area contributed by atoms with Gasteiger partial charge in [-0.1, -0.05) is 29.0 Å². The van der Waals surface area contributed by atoms with Crippen LogP contribution in [0.4, 0.5) is 5.13 Å². The Bertz CT molecular complexity index is 1190. The zero-order valence-electron chi connectivity index (χ0n) is 17.3. The van der Waals surface area contributed by atoms with Crippen molar-refractivity contribution in [2.24, 2.45) is 0 Å². The Balaban J connectivity index is 2.02. The number of nitrogens with zero attached hydrogens (tertiary/aromatic N) is 3. The molecule has 0 aliphatic rings. The maximum Gasteiger partial charge on any atom is 0.260 e. The van der Waals surface area contributed by atoms with Crippen molar-refractivity contribution in [2.45, 2.75) is 18.2 Å². The van der Waals surface area contributed by atoms with Crippen LogP contribution in [0, 0.1) is 6.92 Å². The van der Waals surface area contributed by atoms with Crippen LogP contribution < -0.4 is 4.90 Å². The number of carbonyl (C=O) groups excluding carboxylic acids is 1. The molecule has 1 aromatic heterocycles. The predicted octanol–water partition coefficient (Wildman–Crippen LogP) is 4.26. The van der Waals surface area contributed by atoms with Crippen LogP contribution >= 0.6 is 22.9 Å². The zero-order valence-corrected chi connectivity index (χ0v) is 19.7. The molecule has 0 N–H and O–H groups in total. The SMILES string of the molecule is Cc1cc(Cl)cc2sc(N(CCCN(C)C)C(=O)c3cccc(S(C)(=O)=O)c3)nc12. The van der Waals surface area contributed by atoms with E-state index in [0.29, 0.717) is 22.3 Å². The minimum atomic E-state index is -3.41. The molecule has 0 saturated carbocycles. The van der Waals surface area contributed by atoms with Gasteiger partial charge in [-0.2, -0.15) is 0 Å². The summed E-state index contributed by atoms with van der Waals surface area (Å²) in [4.78, 5) is 21.9. The molecule has 0 aliphatic heterocycles. The first kappa shape index (κ1) is 22.7. The van der Waals surface area contributed by atoms with Crippen molar-refractivity contribution in [1.29, 1.82) is 0 Å². The van der Waals surface area contributed by atoms with Crippen LogP contribution in [-0.2, 0) is 9.84 Å². The van der Waals surface area contributed by atoms with Gasteiger partial charge in [0, 0.05) is 23.4 Å². The number of benzene rings is 2. The molecular weight excluding hydrogens is 442 g/mol. The van der Waals surface area contributed by atoms with E-state index in [-0.39, 0.29) is 10.8 Å². The quantitative estimate of drug-likeness (QED) is 0.521. The van der Waals surface area contributed by atoms with E-state index < -0.39 is 9.84 Å². The number of aromatic nitrogens is 1. The Labute approximate surface area is 186 Å². The van der Waals surface area contributed by atoms with Crippen LogP contribution in [0.3, 0.4) is 0 Å². The van der Waals surface area contributed by atoms with E-state index in [1.165, 1.54) is 23.5 Å². The standard InChI is InChI=1S/C21H24ClN3O3S2/c1-14-11-16(22)13-18-19(14)23-21(29-18)25(10-6-9-24(2)3)20(26)15-7-5-8-17(12-15)30(4,27)28/h5,7-8,11-13H,6,9-10H2,1-4H3. The molecule has 1 amide bonds. The fraction of sp³-hybridized carbons (Fsp3) is 0.333. The first-order valence-electron chi connectivity index (χ1n) is 9.39. The first-order valence-corrected chi connectivity index (χ1v) is 12.5. The maximum absolute atomic E-state index is 13.4. The Kier molecular flexibility index (Phi) is 6.81. The summed E-state index contributed by atoms with van der Waals surface area (Å²) in [5.41, 5.74) is 2.08. The highest BCUT2D eigenvalue weighted by Gasteiger charge is 2.23. The van der Waals surface area contributed by atoms with Crippen molar-refractivity contribution in [1.82, 2.24) is 9.88 Å². The van der Waals surface area contributed by atoms with E-state index in [1.54, 1.807) is 17.0 Å².